The van der Waals surface area contributed by atoms with Crippen molar-refractivity contribution in [2.75, 3.05) is 7.05 Å². The molecule has 8 heavy (non-hydrogen) atoms. The standard InChI is InChI=1S/C6H9N2/c1-7-6-8-4-2-3-5-8/h2-5H,6H2,1H3. The molecule has 0 spiro atoms. The smallest absolute Gasteiger partial charge is 0.0876 e. The van der Waals surface area contributed by atoms with Crippen LogP contribution in [0.2, 0.25) is 0 Å². The number of hydrogen-bond acceptors (Lipinski definition) is 0. The first-order valence-electron chi connectivity index (χ1n) is 2.60. The summed E-state index contributed by atoms with van der Waals surface area (Å²) in [5.41, 5.74) is 0. The van der Waals surface area contributed by atoms with Crippen molar-refractivity contribution in [3.05, 3.63) is 24.5 Å². The summed E-state index contributed by atoms with van der Waals surface area (Å²) >= 11 is 0. The molecule has 0 unspecified atom stereocenters. The Morgan fingerprint density at radius 2 is 2.00 bits per heavy atom. The molecular formula is C6H9N2. The first-order valence-corrected chi connectivity index (χ1v) is 2.60. The first-order chi connectivity index (χ1) is 3.93. The van der Waals surface area contributed by atoms with Crippen molar-refractivity contribution < 1.29 is 0 Å². The zero-order chi connectivity index (χ0) is 5.82. The van der Waals surface area contributed by atoms with Gasteiger partial charge in [0.05, 0.1) is 6.67 Å². The lowest BCUT2D eigenvalue weighted by atomic mass is 10.7. The minimum absolute atomic E-state index is 0.771. The summed E-state index contributed by atoms with van der Waals surface area (Å²) in [6.45, 7) is 0.771. The second kappa shape index (κ2) is 2.52. The van der Waals surface area contributed by atoms with Crippen molar-refractivity contribution in [2.45, 2.75) is 6.67 Å². The van der Waals surface area contributed by atoms with Crippen molar-refractivity contribution in [3.8, 4) is 0 Å². The highest BCUT2D eigenvalue weighted by molar-refractivity contribution is 4.89. The van der Waals surface area contributed by atoms with E-state index < -0.39 is 0 Å². The molecule has 2 nitrogen and oxygen atoms in total. The van der Waals surface area contributed by atoms with Crippen LogP contribution in [0.25, 0.3) is 0 Å². The van der Waals surface area contributed by atoms with Crippen molar-refractivity contribution in [2.24, 2.45) is 0 Å². The molecule has 0 saturated heterocycles. The fourth-order valence-corrected chi connectivity index (χ4v) is 0.628. The summed E-state index contributed by atoms with van der Waals surface area (Å²) in [6.07, 6.45) is 3.99. The molecule has 0 atom stereocenters. The molecule has 0 N–H and O–H groups in total. The van der Waals surface area contributed by atoms with E-state index in [4.69, 9.17) is 0 Å². The van der Waals surface area contributed by atoms with Gasteiger partial charge in [-0.2, -0.15) is 0 Å². The zero-order valence-electron chi connectivity index (χ0n) is 4.91. The van der Waals surface area contributed by atoms with Gasteiger partial charge in [-0.15, -0.1) is 0 Å². The van der Waals surface area contributed by atoms with E-state index in [-0.39, 0.29) is 0 Å². The SMILES string of the molecule is C[N]Cn1cccc1. The van der Waals surface area contributed by atoms with E-state index in [9.17, 15) is 0 Å². The molecule has 0 aromatic carbocycles. The lowest BCUT2D eigenvalue weighted by Gasteiger charge is -1.95. The van der Waals surface area contributed by atoms with Crippen LogP contribution >= 0.6 is 0 Å². The van der Waals surface area contributed by atoms with Crippen LogP contribution in [0, 0.1) is 0 Å². The molecule has 1 aromatic rings. The normalized spacial score (nSPS) is 9.62. The Morgan fingerprint density at radius 3 is 2.50 bits per heavy atom. The molecule has 1 aromatic heterocycles. The Balaban J connectivity index is 2.50. The van der Waals surface area contributed by atoms with Crippen molar-refractivity contribution in [1.82, 2.24) is 9.88 Å². The predicted molar refractivity (Wildman–Crippen MR) is 32.5 cm³/mol. The Kier molecular flexibility index (Phi) is 1.70. The topological polar surface area (TPSA) is 19.0 Å². The number of hydrogen-bond donors (Lipinski definition) is 0. The van der Waals surface area contributed by atoms with Crippen LogP contribution in [0.4, 0.5) is 0 Å². The third kappa shape index (κ3) is 1.10. The van der Waals surface area contributed by atoms with E-state index in [1.165, 1.54) is 0 Å². The minimum Gasteiger partial charge on any atom is -0.340 e. The van der Waals surface area contributed by atoms with Gasteiger partial charge in [0, 0.05) is 19.4 Å². The minimum atomic E-state index is 0.771. The summed E-state index contributed by atoms with van der Waals surface area (Å²) in [4.78, 5) is 0. The molecule has 0 fully saturated rings. The van der Waals surface area contributed by atoms with Crippen molar-refractivity contribution >= 4 is 0 Å². The van der Waals surface area contributed by atoms with Gasteiger partial charge in [0.2, 0.25) is 0 Å². The number of rotatable bonds is 2. The third-order valence-electron chi connectivity index (χ3n) is 0.971. The molecule has 0 aliphatic carbocycles. The summed E-state index contributed by atoms with van der Waals surface area (Å²) in [7, 11) is 1.81. The molecule has 1 heterocycles. The van der Waals surface area contributed by atoms with Crippen LogP contribution in [-0.2, 0) is 6.67 Å². The quantitative estimate of drug-likeness (QED) is 0.532. The highest BCUT2D eigenvalue weighted by Crippen LogP contribution is 1.85. The molecule has 2 heteroatoms. The lowest BCUT2D eigenvalue weighted by molar-refractivity contribution is 0.610. The average Bonchev–Trinajstić information content (AvgIpc) is 2.19. The van der Waals surface area contributed by atoms with Crippen LogP contribution in [-0.4, -0.2) is 11.6 Å². The van der Waals surface area contributed by atoms with Crippen LogP contribution in [0.3, 0.4) is 0 Å². The monoisotopic (exact) mass is 109 g/mol. The van der Waals surface area contributed by atoms with Crippen LogP contribution in [0.5, 0.6) is 0 Å². The van der Waals surface area contributed by atoms with Gasteiger partial charge in [-0.25, -0.2) is 5.32 Å². The maximum atomic E-state index is 3.94. The summed E-state index contributed by atoms with van der Waals surface area (Å²) < 4.78 is 2.01. The fraction of sp³-hybridized carbons (Fsp3) is 0.333. The van der Waals surface area contributed by atoms with Gasteiger partial charge in [-0.3, -0.25) is 0 Å². The Labute approximate surface area is 49.1 Å². The highest BCUT2D eigenvalue weighted by atomic mass is 15.1. The molecule has 0 saturated carbocycles. The van der Waals surface area contributed by atoms with E-state index in [0.717, 1.165) is 6.67 Å². The van der Waals surface area contributed by atoms with Crippen LogP contribution in [0.15, 0.2) is 24.5 Å². The van der Waals surface area contributed by atoms with Gasteiger partial charge in [-0.05, 0) is 12.1 Å². The van der Waals surface area contributed by atoms with Crippen molar-refractivity contribution in [3.63, 3.8) is 0 Å². The molecule has 43 valence electrons. The fourth-order valence-electron chi connectivity index (χ4n) is 0.628. The lowest BCUT2D eigenvalue weighted by Crippen LogP contribution is -2.03. The van der Waals surface area contributed by atoms with Gasteiger partial charge in [0.1, 0.15) is 0 Å². The van der Waals surface area contributed by atoms with Gasteiger partial charge in [0.25, 0.3) is 0 Å². The first kappa shape index (κ1) is 5.38. The third-order valence-corrected chi connectivity index (χ3v) is 0.971. The Bertz CT molecular complexity index is 132. The second-order valence-corrected chi connectivity index (χ2v) is 1.65. The highest BCUT2D eigenvalue weighted by Gasteiger charge is 1.80. The van der Waals surface area contributed by atoms with Crippen molar-refractivity contribution in [1.29, 1.82) is 0 Å². The average molecular weight is 109 g/mol. The number of nitrogens with zero attached hydrogens (tertiary/aromatic N) is 2. The van der Waals surface area contributed by atoms with Crippen LogP contribution < -0.4 is 5.32 Å². The van der Waals surface area contributed by atoms with Gasteiger partial charge in [0.15, 0.2) is 0 Å². The van der Waals surface area contributed by atoms with E-state index >= 15 is 0 Å². The summed E-state index contributed by atoms with van der Waals surface area (Å²) in [6, 6.07) is 3.98. The van der Waals surface area contributed by atoms with E-state index in [1.54, 1.807) is 7.05 Å². The summed E-state index contributed by atoms with van der Waals surface area (Å²) in [5.74, 6) is 0. The molecule has 0 aliphatic heterocycles. The maximum absolute atomic E-state index is 3.94. The molecule has 1 rings (SSSR count). The van der Waals surface area contributed by atoms with E-state index in [0.29, 0.717) is 0 Å². The number of aromatic nitrogens is 1. The summed E-state index contributed by atoms with van der Waals surface area (Å²) in [5, 5.41) is 3.94. The van der Waals surface area contributed by atoms with Gasteiger partial charge in [-0.1, -0.05) is 0 Å². The molecule has 1 radical (unpaired) electrons. The molecule has 0 bridgehead atoms. The van der Waals surface area contributed by atoms with Gasteiger partial charge >= 0.3 is 0 Å². The zero-order valence-corrected chi connectivity index (χ0v) is 4.91. The van der Waals surface area contributed by atoms with E-state index in [1.807, 2.05) is 29.1 Å². The molecule has 0 amide bonds. The van der Waals surface area contributed by atoms with Crippen LogP contribution in [0.1, 0.15) is 0 Å². The molecular weight excluding hydrogens is 100 g/mol. The predicted octanol–water partition coefficient (Wildman–Crippen LogP) is 0.680. The molecule has 0 aliphatic rings. The van der Waals surface area contributed by atoms with E-state index in [2.05, 4.69) is 5.32 Å². The largest absolute Gasteiger partial charge is 0.340 e. The Morgan fingerprint density at radius 1 is 1.38 bits per heavy atom. The Hall–Kier alpha value is -0.760. The van der Waals surface area contributed by atoms with Gasteiger partial charge < -0.3 is 4.57 Å². The second-order valence-electron chi connectivity index (χ2n) is 1.65. The maximum Gasteiger partial charge on any atom is 0.0876 e.